The van der Waals surface area contributed by atoms with Gasteiger partial charge in [0.2, 0.25) is 0 Å². The van der Waals surface area contributed by atoms with Gasteiger partial charge < -0.3 is 5.73 Å². The van der Waals surface area contributed by atoms with E-state index in [1.165, 1.54) is 64.2 Å². The minimum absolute atomic E-state index is 0.495. The van der Waals surface area contributed by atoms with Crippen LogP contribution in [0.15, 0.2) is 0 Å². The van der Waals surface area contributed by atoms with Gasteiger partial charge in [-0.2, -0.15) is 0 Å². The smallest absolute Gasteiger partial charge is 0.00418 e. The van der Waals surface area contributed by atoms with Crippen molar-refractivity contribution in [3.05, 3.63) is 0 Å². The van der Waals surface area contributed by atoms with Crippen molar-refractivity contribution >= 4 is 0 Å². The Balaban J connectivity index is 1.59. The van der Waals surface area contributed by atoms with E-state index in [0.29, 0.717) is 16.9 Å². The number of fused-ring (bicyclic) bond motifs is 5. The van der Waals surface area contributed by atoms with E-state index in [9.17, 15) is 0 Å². The van der Waals surface area contributed by atoms with Crippen molar-refractivity contribution in [2.75, 3.05) is 0 Å². The van der Waals surface area contributed by atoms with Crippen LogP contribution in [0, 0.1) is 46.3 Å². The third kappa shape index (κ3) is 2.36. The van der Waals surface area contributed by atoms with Gasteiger partial charge in [0, 0.05) is 6.04 Å². The van der Waals surface area contributed by atoms with Crippen LogP contribution in [0.5, 0.6) is 0 Å². The Morgan fingerprint density at radius 2 is 1.62 bits per heavy atom. The highest BCUT2D eigenvalue weighted by Gasteiger charge is 2.60. The molecule has 0 aliphatic heterocycles. The Kier molecular flexibility index (Phi) is 4.34. The van der Waals surface area contributed by atoms with Gasteiger partial charge in [-0.05, 0) is 104 Å². The summed E-state index contributed by atoms with van der Waals surface area (Å²) in [5.74, 6) is 5.93. The molecule has 1 nitrogen and oxygen atoms in total. The van der Waals surface area contributed by atoms with Crippen molar-refractivity contribution < 1.29 is 0 Å². The molecule has 0 bridgehead atoms. The van der Waals surface area contributed by atoms with Crippen LogP contribution in [0.3, 0.4) is 0 Å². The number of hydrogen-bond donors (Lipinski definition) is 1. The summed E-state index contributed by atoms with van der Waals surface area (Å²) in [6.07, 6.45) is 14.5. The maximum atomic E-state index is 6.34. The zero-order valence-electron chi connectivity index (χ0n) is 16.7. The molecule has 1 unspecified atom stereocenters. The third-order valence-corrected chi connectivity index (χ3v) is 10.1. The molecule has 4 aliphatic carbocycles. The minimum Gasteiger partial charge on any atom is -0.328 e. The molecular formula is C23H41N. The van der Waals surface area contributed by atoms with Crippen LogP contribution in [0.2, 0.25) is 0 Å². The molecule has 24 heavy (non-hydrogen) atoms. The molecule has 0 aromatic heterocycles. The Bertz CT molecular complexity index is 473. The van der Waals surface area contributed by atoms with Crippen LogP contribution < -0.4 is 5.73 Å². The maximum Gasteiger partial charge on any atom is 0.00418 e. The highest BCUT2D eigenvalue weighted by atomic mass is 14.7. The normalized spacial score (nSPS) is 55.4. The Morgan fingerprint density at radius 3 is 2.38 bits per heavy atom. The molecular weight excluding hydrogens is 290 g/mol. The standard InChI is InChI=1S/C23H41N/c1-5-15(2)19-8-9-20-18-7-6-16-14-17(24)10-12-22(16,3)21(18)11-13-23(19,20)4/h15-21H,5-14,24H2,1-4H3/t15-,16-,17-,18+,19?,20+,21+,22+,23-/m1/s1. The highest BCUT2D eigenvalue weighted by molar-refractivity contribution is 5.09. The topological polar surface area (TPSA) is 26.0 Å². The van der Waals surface area contributed by atoms with E-state index >= 15 is 0 Å². The first kappa shape index (κ1) is 17.4. The van der Waals surface area contributed by atoms with E-state index in [-0.39, 0.29) is 0 Å². The molecule has 0 aromatic carbocycles. The van der Waals surface area contributed by atoms with Crippen LogP contribution in [-0.2, 0) is 0 Å². The molecule has 4 saturated carbocycles. The van der Waals surface area contributed by atoms with Gasteiger partial charge in [0.15, 0.2) is 0 Å². The summed E-state index contributed by atoms with van der Waals surface area (Å²) in [4.78, 5) is 0. The van der Waals surface area contributed by atoms with E-state index in [2.05, 4.69) is 27.7 Å². The molecule has 4 rings (SSSR count). The lowest BCUT2D eigenvalue weighted by molar-refractivity contribution is -0.116. The molecule has 2 N–H and O–H groups in total. The van der Waals surface area contributed by atoms with Crippen LogP contribution in [-0.4, -0.2) is 6.04 Å². The van der Waals surface area contributed by atoms with Crippen molar-refractivity contribution in [3.63, 3.8) is 0 Å². The van der Waals surface area contributed by atoms with Gasteiger partial charge in [-0.25, -0.2) is 0 Å². The largest absolute Gasteiger partial charge is 0.328 e. The Morgan fingerprint density at radius 1 is 0.917 bits per heavy atom. The summed E-state index contributed by atoms with van der Waals surface area (Å²) >= 11 is 0. The monoisotopic (exact) mass is 331 g/mol. The zero-order chi connectivity index (χ0) is 17.1. The average molecular weight is 332 g/mol. The molecule has 4 fully saturated rings. The van der Waals surface area contributed by atoms with Gasteiger partial charge in [0.1, 0.15) is 0 Å². The molecule has 0 saturated heterocycles. The Hall–Kier alpha value is -0.0400. The number of nitrogens with two attached hydrogens (primary N) is 1. The van der Waals surface area contributed by atoms with Gasteiger partial charge in [0.25, 0.3) is 0 Å². The lowest BCUT2D eigenvalue weighted by atomic mass is 9.44. The van der Waals surface area contributed by atoms with Crippen molar-refractivity contribution in [1.82, 2.24) is 0 Å². The van der Waals surface area contributed by atoms with Gasteiger partial charge in [-0.1, -0.05) is 34.1 Å². The molecule has 138 valence electrons. The molecule has 0 radical (unpaired) electrons. The zero-order valence-corrected chi connectivity index (χ0v) is 16.7. The predicted molar refractivity (Wildman–Crippen MR) is 103 cm³/mol. The lowest BCUT2D eigenvalue weighted by Gasteiger charge is -2.61. The van der Waals surface area contributed by atoms with E-state index < -0.39 is 0 Å². The fraction of sp³-hybridized carbons (Fsp3) is 1.00. The van der Waals surface area contributed by atoms with E-state index in [4.69, 9.17) is 5.73 Å². The lowest BCUT2D eigenvalue weighted by Crippen LogP contribution is -2.54. The van der Waals surface area contributed by atoms with Crippen molar-refractivity contribution in [2.24, 2.45) is 52.1 Å². The molecule has 1 heteroatoms. The minimum atomic E-state index is 0.495. The van der Waals surface area contributed by atoms with Crippen molar-refractivity contribution in [1.29, 1.82) is 0 Å². The summed E-state index contributed by atoms with van der Waals surface area (Å²) < 4.78 is 0. The molecule has 0 heterocycles. The summed E-state index contributed by atoms with van der Waals surface area (Å²) in [6, 6.07) is 0.495. The quantitative estimate of drug-likeness (QED) is 0.658. The van der Waals surface area contributed by atoms with Gasteiger partial charge in [0.05, 0.1) is 0 Å². The first-order chi connectivity index (χ1) is 11.4. The number of rotatable bonds is 2. The van der Waals surface area contributed by atoms with Gasteiger partial charge in [-0.3, -0.25) is 0 Å². The van der Waals surface area contributed by atoms with Crippen LogP contribution in [0.4, 0.5) is 0 Å². The first-order valence-electron chi connectivity index (χ1n) is 11.2. The molecule has 0 spiro atoms. The maximum absolute atomic E-state index is 6.34. The summed E-state index contributed by atoms with van der Waals surface area (Å²) in [5.41, 5.74) is 7.62. The Labute approximate surface area is 150 Å². The fourth-order valence-corrected chi connectivity index (χ4v) is 8.55. The second-order valence-corrected chi connectivity index (χ2v) is 10.8. The summed E-state index contributed by atoms with van der Waals surface area (Å²) in [5, 5.41) is 0. The molecule has 0 aromatic rings. The van der Waals surface area contributed by atoms with Gasteiger partial charge in [-0.15, -0.1) is 0 Å². The van der Waals surface area contributed by atoms with Crippen LogP contribution in [0.25, 0.3) is 0 Å². The fourth-order valence-electron chi connectivity index (χ4n) is 8.55. The van der Waals surface area contributed by atoms with Crippen molar-refractivity contribution in [3.8, 4) is 0 Å². The molecule has 9 atom stereocenters. The van der Waals surface area contributed by atoms with Crippen LogP contribution in [0.1, 0.15) is 91.9 Å². The van der Waals surface area contributed by atoms with E-state index in [1.807, 2.05) is 0 Å². The van der Waals surface area contributed by atoms with E-state index in [0.717, 1.165) is 35.5 Å². The summed E-state index contributed by atoms with van der Waals surface area (Å²) in [6.45, 7) is 10.3. The average Bonchev–Trinajstić information content (AvgIpc) is 2.92. The molecule has 4 aliphatic rings. The van der Waals surface area contributed by atoms with Gasteiger partial charge >= 0.3 is 0 Å². The number of hydrogen-bond acceptors (Lipinski definition) is 1. The first-order valence-corrected chi connectivity index (χ1v) is 11.2. The van der Waals surface area contributed by atoms with Crippen molar-refractivity contribution in [2.45, 2.75) is 97.9 Å². The van der Waals surface area contributed by atoms with Crippen LogP contribution >= 0.6 is 0 Å². The van der Waals surface area contributed by atoms with E-state index in [1.54, 1.807) is 0 Å². The summed E-state index contributed by atoms with van der Waals surface area (Å²) in [7, 11) is 0. The second kappa shape index (κ2) is 6.00. The SMILES string of the molecule is CC[C@@H](C)C1CC[C@H]2[C@@H]3CC[C@@H]4C[C@H](N)CC[C@]4(C)[C@H]3CC[C@]12C. The predicted octanol–water partition coefficient (Wildman–Crippen LogP) is 6.02. The highest BCUT2D eigenvalue weighted by Crippen LogP contribution is 2.68. The second-order valence-electron chi connectivity index (χ2n) is 10.8. The molecule has 0 amide bonds. The third-order valence-electron chi connectivity index (χ3n) is 10.1.